The van der Waals surface area contributed by atoms with E-state index in [1.54, 1.807) is 7.11 Å². The molecule has 0 N–H and O–H groups in total. The highest BCUT2D eigenvalue weighted by molar-refractivity contribution is 5.99. The molecule has 0 aromatic heterocycles. The summed E-state index contributed by atoms with van der Waals surface area (Å²) in [5, 5.41) is 0. The van der Waals surface area contributed by atoms with E-state index >= 15 is 0 Å². The standard InChI is InChI=1S/C19H22O2/c1-3-9-16(15-10-5-4-6-11-15)14-18(20)17-12-7-8-13-19(17)21-2/h4-8,10-13,16H,3,9,14H2,1-2H3/t16-/m1/s1. The molecule has 110 valence electrons. The van der Waals surface area contributed by atoms with Gasteiger partial charge in [0.25, 0.3) is 0 Å². The van der Waals surface area contributed by atoms with Gasteiger partial charge in [0.1, 0.15) is 5.75 Å². The minimum absolute atomic E-state index is 0.148. The summed E-state index contributed by atoms with van der Waals surface area (Å²) in [7, 11) is 1.60. The molecule has 2 aromatic rings. The van der Waals surface area contributed by atoms with Gasteiger partial charge in [-0.05, 0) is 30.0 Å². The fourth-order valence-corrected chi connectivity index (χ4v) is 2.67. The second kappa shape index (κ2) is 7.63. The fourth-order valence-electron chi connectivity index (χ4n) is 2.67. The van der Waals surface area contributed by atoms with Gasteiger partial charge in [-0.1, -0.05) is 55.8 Å². The van der Waals surface area contributed by atoms with Crippen molar-refractivity contribution in [1.82, 2.24) is 0 Å². The summed E-state index contributed by atoms with van der Waals surface area (Å²) in [6.45, 7) is 2.16. The van der Waals surface area contributed by atoms with Crippen LogP contribution in [0, 0.1) is 0 Å². The van der Waals surface area contributed by atoms with Crippen LogP contribution in [-0.2, 0) is 0 Å². The zero-order valence-corrected chi connectivity index (χ0v) is 12.7. The largest absolute Gasteiger partial charge is 0.496 e. The van der Waals surface area contributed by atoms with Crippen LogP contribution in [0.4, 0.5) is 0 Å². The van der Waals surface area contributed by atoms with E-state index in [0.29, 0.717) is 17.7 Å². The summed E-state index contributed by atoms with van der Waals surface area (Å²) >= 11 is 0. The van der Waals surface area contributed by atoms with Gasteiger partial charge in [0.05, 0.1) is 12.7 Å². The maximum Gasteiger partial charge on any atom is 0.167 e. The van der Waals surface area contributed by atoms with Crippen molar-refractivity contribution in [3.63, 3.8) is 0 Å². The number of ketones is 1. The lowest BCUT2D eigenvalue weighted by atomic mass is 9.88. The van der Waals surface area contributed by atoms with Crippen molar-refractivity contribution in [2.45, 2.75) is 32.1 Å². The van der Waals surface area contributed by atoms with E-state index in [4.69, 9.17) is 4.74 Å². The third kappa shape index (κ3) is 3.94. The highest BCUT2D eigenvalue weighted by Gasteiger charge is 2.18. The minimum Gasteiger partial charge on any atom is -0.496 e. The van der Waals surface area contributed by atoms with Crippen LogP contribution in [0.2, 0.25) is 0 Å². The normalized spacial score (nSPS) is 11.9. The monoisotopic (exact) mass is 282 g/mol. The molecule has 0 bridgehead atoms. The van der Waals surface area contributed by atoms with Crippen LogP contribution in [0.3, 0.4) is 0 Å². The number of ether oxygens (including phenoxy) is 1. The van der Waals surface area contributed by atoms with Crippen LogP contribution >= 0.6 is 0 Å². The minimum atomic E-state index is 0.148. The average Bonchev–Trinajstić information content (AvgIpc) is 2.55. The Labute approximate surface area is 126 Å². The van der Waals surface area contributed by atoms with Crippen LogP contribution in [0.1, 0.15) is 48.0 Å². The van der Waals surface area contributed by atoms with E-state index in [1.165, 1.54) is 5.56 Å². The van der Waals surface area contributed by atoms with Gasteiger partial charge in [0.15, 0.2) is 5.78 Å². The van der Waals surface area contributed by atoms with Crippen LogP contribution in [-0.4, -0.2) is 12.9 Å². The van der Waals surface area contributed by atoms with Crippen molar-refractivity contribution in [2.75, 3.05) is 7.11 Å². The number of hydrogen-bond donors (Lipinski definition) is 0. The van der Waals surface area contributed by atoms with Gasteiger partial charge in [-0.3, -0.25) is 4.79 Å². The van der Waals surface area contributed by atoms with E-state index in [-0.39, 0.29) is 11.7 Å². The Morgan fingerprint density at radius 1 is 1.05 bits per heavy atom. The Morgan fingerprint density at radius 2 is 1.71 bits per heavy atom. The lowest BCUT2D eigenvalue weighted by molar-refractivity contribution is 0.0969. The van der Waals surface area contributed by atoms with Gasteiger partial charge in [0, 0.05) is 6.42 Å². The first kappa shape index (κ1) is 15.3. The van der Waals surface area contributed by atoms with Gasteiger partial charge in [0.2, 0.25) is 0 Å². The highest BCUT2D eigenvalue weighted by Crippen LogP contribution is 2.28. The third-order valence-corrected chi connectivity index (χ3v) is 3.75. The zero-order chi connectivity index (χ0) is 15.1. The molecule has 0 heterocycles. The number of Topliss-reactive ketones (excluding diaryl/α,β-unsaturated/α-hetero) is 1. The highest BCUT2D eigenvalue weighted by atomic mass is 16.5. The Bertz CT molecular complexity index is 575. The molecule has 2 rings (SSSR count). The summed E-state index contributed by atoms with van der Waals surface area (Å²) in [4.78, 5) is 12.6. The number of benzene rings is 2. The van der Waals surface area contributed by atoms with Gasteiger partial charge < -0.3 is 4.74 Å². The van der Waals surface area contributed by atoms with Crippen molar-refractivity contribution in [2.24, 2.45) is 0 Å². The fraction of sp³-hybridized carbons (Fsp3) is 0.316. The Kier molecular flexibility index (Phi) is 5.56. The molecular formula is C19H22O2. The van der Waals surface area contributed by atoms with Gasteiger partial charge in [-0.15, -0.1) is 0 Å². The summed E-state index contributed by atoms with van der Waals surface area (Å²) < 4.78 is 5.29. The lowest BCUT2D eigenvalue weighted by Gasteiger charge is -2.16. The second-order valence-corrected chi connectivity index (χ2v) is 5.22. The van der Waals surface area contributed by atoms with Crippen molar-refractivity contribution in [3.8, 4) is 5.75 Å². The molecule has 2 nitrogen and oxygen atoms in total. The Balaban J connectivity index is 2.19. The van der Waals surface area contributed by atoms with Crippen LogP contribution in [0.5, 0.6) is 5.75 Å². The number of methoxy groups -OCH3 is 1. The number of para-hydroxylation sites is 1. The molecule has 0 fully saturated rings. The summed E-state index contributed by atoms with van der Waals surface area (Å²) in [5.41, 5.74) is 1.92. The van der Waals surface area contributed by atoms with Gasteiger partial charge >= 0.3 is 0 Å². The first-order valence-electron chi connectivity index (χ1n) is 7.47. The molecule has 0 amide bonds. The molecule has 0 spiro atoms. The summed E-state index contributed by atoms with van der Waals surface area (Å²) in [6, 6.07) is 17.7. The topological polar surface area (TPSA) is 26.3 Å². The number of hydrogen-bond acceptors (Lipinski definition) is 2. The molecular weight excluding hydrogens is 260 g/mol. The van der Waals surface area contributed by atoms with E-state index in [1.807, 2.05) is 42.5 Å². The molecule has 0 unspecified atom stereocenters. The smallest absolute Gasteiger partial charge is 0.167 e. The number of carbonyl (C=O) groups is 1. The molecule has 0 aliphatic heterocycles. The van der Waals surface area contributed by atoms with Crippen LogP contribution in [0.25, 0.3) is 0 Å². The SMILES string of the molecule is CCC[C@H](CC(=O)c1ccccc1OC)c1ccccc1. The predicted molar refractivity (Wildman–Crippen MR) is 86.0 cm³/mol. The average molecular weight is 282 g/mol. The second-order valence-electron chi connectivity index (χ2n) is 5.22. The quantitative estimate of drug-likeness (QED) is 0.678. The van der Waals surface area contributed by atoms with Gasteiger partial charge in [-0.2, -0.15) is 0 Å². The van der Waals surface area contributed by atoms with E-state index < -0.39 is 0 Å². The summed E-state index contributed by atoms with van der Waals surface area (Å²) in [6.07, 6.45) is 2.61. The van der Waals surface area contributed by atoms with Crippen LogP contribution in [0.15, 0.2) is 54.6 Å². The summed E-state index contributed by atoms with van der Waals surface area (Å²) in [5.74, 6) is 1.08. The molecule has 0 aliphatic carbocycles. The molecule has 21 heavy (non-hydrogen) atoms. The van der Waals surface area contributed by atoms with E-state index in [2.05, 4.69) is 19.1 Å². The maximum atomic E-state index is 12.6. The number of rotatable bonds is 7. The molecule has 0 radical (unpaired) electrons. The zero-order valence-electron chi connectivity index (χ0n) is 12.7. The Morgan fingerprint density at radius 3 is 2.38 bits per heavy atom. The molecule has 0 saturated carbocycles. The molecule has 1 atom stereocenters. The van der Waals surface area contributed by atoms with Crippen LogP contribution < -0.4 is 4.74 Å². The van der Waals surface area contributed by atoms with Crippen molar-refractivity contribution in [1.29, 1.82) is 0 Å². The van der Waals surface area contributed by atoms with Gasteiger partial charge in [-0.25, -0.2) is 0 Å². The van der Waals surface area contributed by atoms with E-state index in [9.17, 15) is 4.79 Å². The predicted octanol–water partition coefficient (Wildman–Crippen LogP) is 4.85. The number of carbonyl (C=O) groups excluding carboxylic acids is 1. The molecule has 0 saturated heterocycles. The third-order valence-electron chi connectivity index (χ3n) is 3.75. The maximum absolute atomic E-state index is 12.6. The first-order chi connectivity index (χ1) is 10.3. The molecule has 2 heteroatoms. The lowest BCUT2D eigenvalue weighted by Crippen LogP contribution is -2.09. The molecule has 2 aromatic carbocycles. The van der Waals surface area contributed by atoms with E-state index in [0.717, 1.165) is 12.8 Å². The Hall–Kier alpha value is -2.09. The van der Waals surface area contributed by atoms with Crippen molar-refractivity contribution < 1.29 is 9.53 Å². The first-order valence-corrected chi connectivity index (χ1v) is 7.47. The van der Waals surface area contributed by atoms with Crippen molar-refractivity contribution >= 4 is 5.78 Å². The van der Waals surface area contributed by atoms with Crippen molar-refractivity contribution in [3.05, 3.63) is 65.7 Å². The molecule has 0 aliphatic rings.